The summed E-state index contributed by atoms with van der Waals surface area (Å²) in [5.74, 6) is -0.388. The van der Waals surface area contributed by atoms with Crippen molar-refractivity contribution in [3.8, 4) is 11.6 Å². The third-order valence-electron chi connectivity index (χ3n) is 4.75. The molecule has 4 rings (SSSR count). The third kappa shape index (κ3) is 3.72. The molecule has 0 spiro atoms. The number of fused-ring (bicyclic) bond motifs is 1. The molecule has 0 amide bonds. The Hall–Kier alpha value is -3.23. The van der Waals surface area contributed by atoms with Crippen LogP contribution in [0.2, 0.25) is 0 Å². The Morgan fingerprint density at radius 2 is 1.76 bits per heavy atom. The SMILES string of the molecule is O=C(O)C1c2ccccc2CCN1S(=O)(=O)c1ccc(Oc2ccccc2)nc1. The molecule has 1 aliphatic heterocycles. The summed E-state index contributed by atoms with van der Waals surface area (Å²) in [6.07, 6.45) is 1.63. The number of hydrogen-bond donors (Lipinski definition) is 1. The zero-order chi connectivity index (χ0) is 20.4. The summed E-state index contributed by atoms with van der Waals surface area (Å²) in [6, 6.07) is 17.6. The van der Waals surface area contributed by atoms with Crippen molar-refractivity contribution in [2.75, 3.05) is 6.54 Å². The first kappa shape index (κ1) is 19.1. The number of rotatable bonds is 5. The van der Waals surface area contributed by atoms with E-state index in [1.807, 2.05) is 30.3 Å². The van der Waals surface area contributed by atoms with Crippen molar-refractivity contribution in [3.63, 3.8) is 0 Å². The van der Waals surface area contributed by atoms with E-state index < -0.39 is 22.0 Å². The van der Waals surface area contributed by atoms with E-state index in [-0.39, 0.29) is 17.3 Å². The van der Waals surface area contributed by atoms with E-state index in [1.165, 1.54) is 18.3 Å². The molecule has 1 N–H and O–H groups in total. The lowest BCUT2D eigenvalue weighted by Crippen LogP contribution is -2.43. The van der Waals surface area contributed by atoms with E-state index in [0.717, 1.165) is 9.87 Å². The zero-order valence-electron chi connectivity index (χ0n) is 15.3. The number of sulfonamides is 1. The lowest BCUT2D eigenvalue weighted by molar-refractivity contribution is -0.142. The maximum atomic E-state index is 13.2. The molecule has 0 radical (unpaired) electrons. The summed E-state index contributed by atoms with van der Waals surface area (Å²) in [4.78, 5) is 15.9. The Morgan fingerprint density at radius 1 is 1.03 bits per heavy atom. The number of hydrogen-bond acceptors (Lipinski definition) is 5. The van der Waals surface area contributed by atoms with E-state index in [9.17, 15) is 18.3 Å². The molecule has 3 aromatic rings. The Kier molecular flexibility index (Phi) is 5.04. The number of para-hydroxylation sites is 1. The second-order valence-corrected chi connectivity index (χ2v) is 8.44. The molecule has 1 aliphatic rings. The van der Waals surface area contributed by atoms with Crippen molar-refractivity contribution in [1.82, 2.24) is 9.29 Å². The van der Waals surface area contributed by atoms with Crippen molar-refractivity contribution in [2.24, 2.45) is 0 Å². The summed E-state index contributed by atoms with van der Waals surface area (Å²) in [6.45, 7) is 0.0819. The van der Waals surface area contributed by atoms with Crippen LogP contribution in [0.1, 0.15) is 17.2 Å². The number of aromatic nitrogens is 1. The fourth-order valence-electron chi connectivity index (χ4n) is 3.38. The van der Waals surface area contributed by atoms with Crippen LogP contribution in [-0.2, 0) is 21.2 Å². The molecule has 0 bridgehead atoms. The topological polar surface area (TPSA) is 96.8 Å². The fraction of sp³-hybridized carbons (Fsp3) is 0.143. The van der Waals surface area contributed by atoms with E-state index in [4.69, 9.17) is 4.74 Å². The van der Waals surface area contributed by atoms with Crippen molar-refractivity contribution >= 4 is 16.0 Å². The van der Waals surface area contributed by atoms with Crippen LogP contribution in [0.3, 0.4) is 0 Å². The number of aliphatic carboxylic acids is 1. The molecular weight excluding hydrogens is 392 g/mol. The van der Waals surface area contributed by atoms with Crippen LogP contribution in [0.4, 0.5) is 0 Å². The Labute approximate surface area is 168 Å². The van der Waals surface area contributed by atoms with Crippen LogP contribution in [0, 0.1) is 0 Å². The average molecular weight is 410 g/mol. The van der Waals surface area contributed by atoms with Gasteiger partial charge in [-0.1, -0.05) is 42.5 Å². The van der Waals surface area contributed by atoms with Crippen LogP contribution in [0.5, 0.6) is 11.6 Å². The van der Waals surface area contributed by atoms with Crippen LogP contribution in [0.25, 0.3) is 0 Å². The van der Waals surface area contributed by atoms with E-state index in [2.05, 4.69) is 4.98 Å². The quantitative estimate of drug-likeness (QED) is 0.694. The standard InChI is InChI=1S/C21H18N2O5S/c24-21(25)20-18-9-5-4-6-15(18)12-13-23(20)29(26,27)17-10-11-19(22-14-17)28-16-7-2-1-3-8-16/h1-11,14,20H,12-13H2,(H,24,25). The zero-order valence-corrected chi connectivity index (χ0v) is 16.1. The van der Waals surface area contributed by atoms with Gasteiger partial charge in [0.25, 0.3) is 0 Å². The largest absolute Gasteiger partial charge is 0.480 e. The minimum Gasteiger partial charge on any atom is -0.480 e. The van der Waals surface area contributed by atoms with Gasteiger partial charge in [0.2, 0.25) is 15.9 Å². The van der Waals surface area contributed by atoms with Gasteiger partial charge < -0.3 is 9.84 Å². The molecule has 1 aromatic heterocycles. The first-order chi connectivity index (χ1) is 14.0. The van der Waals surface area contributed by atoms with Crippen LogP contribution >= 0.6 is 0 Å². The molecule has 8 heteroatoms. The van der Waals surface area contributed by atoms with Crippen molar-refractivity contribution in [1.29, 1.82) is 0 Å². The van der Waals surface area contributed by atoms with Crippen LogP contribution in [-0.4, -0.2) is 35.3 Å². The van der Waals surface area contributed by atoms with Crippen molar-refractivity contribution in [3.05, 3.63) is 84.1 Å². The summed E-state index contributed by atoms with van der Waals surface area (Å²) < 4.78 is 32.9. The van der Waals surface area contributed by atoms with E-state index >= 15 is 0 Å². The minimum atomic E-state index is -4.05. The maximum Gasteiger partial charge on any atom is 0.326 e. The van der Waals surface area contributed by atoms with E-state index in [1.54, 1.807) is 24.3 Å². The van der Waals surface area contributed by atoms with Gasteiger partial charge in [0.15, 0.2) is 0 Å². The lowest BCUT2D eigenvalue weighted by atomic mass is 9.94. The second-order valence-electron chi connectivity index (χ2n) is 6.55. The highest BCUT2D eigenvalue weighted by molar-refractivity contribution is 7.89. The van der Waals surface area contributed by atoms with Gasteiger partial charge in [-0.05, 0) is 35.7 Å². The summed E-state index contributed by atoms with van der Waals surface area (Å²) in [5.41, 5.74) is 1.34. The number of benzene rings is 2. The number of nitrogens with zero attached hydrogens (tertiary/aromatic N) is 2. The highest BCUT2D eigenvalue weighted by atomic mass is 32.2. The molecule has 2 aromatic carbocycles. The maximum absolute atomic E-state index is 13.2. The van der Waals surface area contributed by atoms with Gasteiger partial charge in [-0.2, -0.15) is 4.31 Å². The fourth-order valence-corrected chi connectivity index (χ4v) is 4.89. The monoisotopic (exact) mass is 410 g/mol. The molecule has 29 heavy (non-hydrogen) atoms. The van der Waals surface area contributed by atoms with Gasteiger partial charge >= 0.3 is 5.97 Å². The summed E-state index contributed by atoms with van der Waals surface area (Å²) in [7, 11) is -4.05. The molecule has 2 heterocycles. The van der Waals surface area contributed by atoms with Gasteiger partial charge in [0, 0.05) is 12.6 Å². The predicted octanol–water partition coefficient (Wildman–Crippen LogP) is 3.25. The summed E-state index contributed by atoms with van der Waals surface area (Å²) in [5, 5.41) is 9.73. The summed E-state index contributed by atoms with van der Waals surface area (Å²) >= 11 is 0. The van der Waals surface area contributed by atoms with Gasteiger partial charge in [0.05, 0.1) is 6.20 Å². The molecular formula is C21H18N2O5S. The lowest BCUT2D eigenvalue weighted by Gasteiger charge is -2.33. The first-order valence-corrected chi connectivity index (χ1v) is 10.4. The number of carboxylic acids is 1. The molecule has 148 valence electrons. The van der Waals surface area contributed by atoms with Gasteiger partial charge in [-0.15, -0.1) is 0 Å². The smallest absolute Gasteiger partial charge is 0.326 e. The molecule has 1 unspecified atom stereocenters. The normalized spacial score (nSPS) is 16.8. The third-order valence-corrected chi connectivity index (χ3v) is 6.60. The van der Waals surface area contributed by atoms with E-state index in [0.29, 0.717) is 17.7 Å². The van der Waals surface area contributed by atoms with Gasteiger partial charge in [0.1, 0.15) is 16.7 Å². The van der Waals surface area contributed by atoms with Crippen molar-refractivity contribution in [2.45, 2.75) is 17.4 Å². The molecule has 0 aliphatic carbocycles. The molecule has 0 saturated heterocycles. The predicted molar refractivity (Wildman–Crippen MR) is 105 cm³/mol. The molecule has 0 fully saturated rings. The number of pyridine rings is 1. The molecule has 7 nitrogen and oxygen atoms in total. The number of ether oxygens (including phenoxy) is 1. The Bertz CT molecular complexity index is 1130. The number of carbonyl (C=O) groups is 1. The van der Waals surface area contributed by atoms with Crippen LogP contribution < -0.4 is 4.74 Å². The molecule has 0 saturated carbocycles. The van der Waals surface area contributed by atoms with Crippen LogP contribution in [0.15, 0.2) is 77.8 Å². The Balaban J connectivity index is 1.63. The molecule has 1 atom stereocenters. The first-order valence-electron chi connectivity index (χ1n) is 8.98. The van der Waals surface area contributed by atoms with Gasteiger partial charge in [-0.3, -0.25) is 4.79 Å². The van der Waals surface area contributed by atoms with Crippen molar-refractivity contribution < 1.29 is 23.1 Å². The van der Waals surface area contributed by atoms with Gasteiger partial charge in [-0.25, -0.2) is 13.4 Å². The number of carboxylic acid groups (broad SMARTS) is 1. The minimum absolute atomic E-state index is 0.0801. The Morgan fingerprint density at radius 3 is 2.45 bits per heavy atom. The average Bonchev–Trinajstić information content (AvgIpc) is 2.74. The highest BCUT2D eigenvalue weighted by Gasteiger charge is 2.40. The second kappa shape index (κ2) is 7.65. The highest BCUT2D eigenvalue weighted by Crippen LogP contribution is 2.34.